The molecular formula is C23H18N4O2S. The molecule has 0 aliphatic rings. The average molecular weight is 414 g/mol. The maximum Gasteiger partial charge on any atom is 0.185 e. The Morgan fingerprint density at radius 2 is 2.07 bits per heavy atom. The summed E-state index contributed by atoms with van der Waals surface area (Å²) in [4.78, 5) is 17.2. The highest BCUT2D eigenvalue weighted by Gasteiger charge is 2.18. The summed E-state index contributed by atoms with van der Waals surface area (Å²) < 4.78 is 1.58. The number of Topliss-reactive ketones (excluding diaryl/α,β-unsaturated/α-hetero) is 1. The quantitative estimate of drug-likeness (QED) is 0.481. The smallest absolute Gasteiger partial charge is 0.185 e. The van der Waals surface area contributed by atoms with Crippen LogP contribution in [0.15, 0.2) is 66.2 Å². The van der Waals surface area contributed by atoms with Gasteiger partial charge in [-0.2, -0.15) is 10.4 Å². The maximum atomic E-state index is 13.1. The molecule has 4 rings (SSSR count). The Balaban J connectivity index is 1.61. The monoisotopic (exact) mass is 414 g/mol. The molecular weight excluding hydrogens is 396 g/mol. The largest absolute Gasteiger partial charge is 0.381 e. The van der Waals surface area contributed by atoms with Gasteiger partial charge in [-0.05, 0) is 42.3 Å². The van der Waals surface area contributed by atoms with E-state index < -0.39 is 6.10 Å². The topological polar surface area (TPSA) is 91.8 Å². The SMILES string of the molecule is Cc1cc(C(=O)Cc2cccc(C(O)c3nccs3)c2)n(-c2cccc(C#N)c2)n1. The molecule has 30 heavy (non-hydrogen) atoms. The van der Waals surface area contributed by atoms with Crippen LogP contribution in [0.1, 0.15) is 44.0 Å². The molecule has 1 unspecified atom stereocenters. The molecule has 0 amide bonds. The fraction of sp³-hybridized carbons (Fsp3) is 0.130. The van der Waals surface area contributed by atoms with E-state index in [0.717, 1.165) is 5.56 Å². The number of aliphatic hydroxyl groups is 1. The van der Waals surface area contributed by atoms with E-state index in [1.807, 2.05) is 42.6 Å². The van der Waals surface area contributed by atoms with Crippen molar-refractivity contribution in [1.82, 2.24) is 14.8 Å². The van der Waals surface area contributed by atoms with Crippen molar-refractivity contribution in [1.29, 1.82) is 5.26 Å². The summed E-state index contributed by atoms with van der Waals surface area (Å²) in [7, 11) is 0. The molecule has 148 valence electrons. The zero-order valence-electron chi connectivity index (χ0n) is 16.2. The van der Waals surface area contributed by atoms with Crippen molar-refractivity contribution in [2.45, 2.75) is 19.4 Å². The van der Waals surface area contributed by atoms with Gasteiger partial charge in [-0.3, -0.25) is 4.79 Å². The van der Waals surface area contributed by atoms with Gasteiger partial charge in [0.2, 0.25) is 0 Å². The van der Waals surface area contributed by atoms with Crippen LogP contribution in [0.2, 0.25) is 0 Å². The number of carbonyl (C=O) groups is 1. The van der Waals surface area contributed by atoms with Crippen molar-refractivity contribution in [3.8, 4) is 11.8 Å². The number of carbonyl (C=O) groups excluding carboxylic acids is 1. The predicted octanol–water partition coefficient (Wildman–Crippen LogP) is 4.02. The van der Waals surface area contributed by atoms with Crippen molar-refractivity contribution in [3.05, 3.63) is 99.3 Å². The van der Waals surface area contributed by atoms with Gasteiger partial charge in [-0.15, -0.1) is 11.3 Å². The molecule has 1 atom stereocenters. The zero-order valence-corrected chi connectivity index (χ0v) is 17.0. The zero-order chi connectivity index (χ0) is 21.1. The number of nitriles is 1. The van der Waals surface area contributed by atoms with Gasteiger partial charge in [0.05, 0.1) is 23.0 Å². The number of rotatable bonds is 6. The van der Waals surface area contributed by atoms with Crippen LogP contribution in [0.25, 0.3) is 5.69 Å². The van der Waals surface area contributed by atoms with E-state index in [1.54, 1.807) is 35.1 Å². The highest BCUT2D eigenvalue weighted by molar-refractivity contribution is 7.09. The summed E-state index contributed by atoms with van der Waals surface area (Å²) in [5, 5.41) is 26.5. The van der Waals surface area contributed by atoms with E-state index in [2.05, 4.69) is 16.2 Å². The highest BCUT2D eigenvalue weighted by atomic mass is 32.1. The van der Waals surface area contributed by atoms with Crippen molar-refractivity contribution >= 4 is 17.1 Å². The lowest BCUT2D eigenvalue weighted by Crippen LogP contribution is -2.12. The number of benzene rings is 2. The molecule has 1 N–H and O–H groups in total. The second-order valence-corrected chi connectivity index (χ2v) is 7.79. The molecule has 6 nitrogen and oxygen atoms in total. The van der Waals surface area contributed by atoms with Crippen LogP contribution in [0.4, 0.5) is 0 Å². The molecule has 0 saturated carbocycles. The summed E-state index contributed by atoms with van der Waals surface area (Å²) in [6, 6.07) is 18.2. The van der Waals surface area contributed by atoms with Gasteiger partial charge in [-0.25, -0.2) is 9.67 Å². The van der Waals surface area contributed by atoms with Crippen LogP contribution >= 0.6 is 11.3 Å². The van der Waals surface area contributed by atoms with Crippen molar-refractivity contribution in [3.63, 3.8) is 0 Å². The Hall–Kier alpha value is -3.60. The predicted molar refractivity (Wildman–Crippen MR) is 114 cm³/mol. The maximum absolute atomic E-state index is 13.1. The average Bonchev–Trinajstić information content (AvgIpc) is 3.43. The standard InChI is InChI=1S/C23H18N4O2S/c1-15-10-20(27(26-15)19-7-3-5-17(12-19)14-24)21(28)13-16-4-2-6-18(11-16)22(29)23-25-8-9-30-23/h2-12,22,29H,13H2,1H3. The first kappa shape index (κ1) is 19.7. The van der Waals surface area contributed by atoms with Crippen LogP contribution in [-0.2, 0) is 6.42 Å². The van der Waals surface area contributed by atoms with E-state index in [0.29, 0.717) is 33.2 Å². The van der Waals surface area contributed by atoms with Gasteiger partial charge >= 0.3 is 0 Å². The van der Waals surface area contributed by atoms with E-state index in [1.165, 1.54) is 11.3 Å². The van der Waals surface area contributed by atoms with E-state index in [4.69, 9.17) is 5.26 Å². The van der Waals surface area contributed by atoms with Crippen molar-refractivity contribution < 1.29 is 9.90 Å². The van der Waals surface area contributed by atoms with E-state index in [-0.39, 0.29) is 12.2 Å². The summed E-state index contributed by atoms with van der Waals surface area (Å²) in [6.07, 6.45) is 1.00. The Morgan fingerprint density at radius 3 is 2.83 bits per heavy atom. The van der Waals surface area contributed by atoms with Gasteiger partial charge < -0.3 is 5.11 Å². The lowest BCUT2D eigenvalue weighted by Gasteiger charge is -2.10. The first-order valence-electron chi connectivity index (χ1n) is 9.32. The second kappa shape index (κ2) is 8.41. The van der Waals surface area contributed by atoms with Gasteiger partial charge in [0.15, 0.2) is 5.78 Å². The molecule has 2 aromatic carbocycles. The molecule has 0 aliphatic heterocycles. The number of ketones is 1. The van der Waals surface area contributed by atoms with Crippen LogP contribution in [0.5, 0.6) is 0 Å². The minimum absolute atomic E-state index is 0.0983. The Labute approximate surface area is 177 Å². The van der Waals surface area contributed by atoms with Crippen LogP contribution < -0.4 is 0 Å². The van der Waals surface area contributed by atoms with Gasteiger partial charge in [0.25, 0.3) is 0 Å². The van der Waals surface area contributed by atoms with E-state index in [9.17, 15) is 9.90 Å². The molecule has 0 bridgehead atoms. The lowest BCUT2D eigenvalue weighted by molar-refractivity contribution is 0.0985. The highest BCUT2D eigenvalue weighted by Crippen LogP contribution is 2.25. The van der Waals surface area contributed by atoms with E-state index >= 15 is 0 Å². The fourth-order valence-electron chi connectivity index (χ4n) is 3.26. The minimum atomic E-state index is -0.818. The summed E-state index contributed by atoms with van der Waals surface area (Å²) >= 11 is 1.39. The van der Waals surface area contributed by atoms with Crippen LogP contribution in [0.3, 0.4) is 0 Å². The number of aryl methyl sites for hydroxylation is 1. The fourth-order valence-corrected chi connectivity index (χ4v) is 3.91. The van der Waals surface area contributed by atoms with Gasteiger partial charge in [0, 0.05) is 18.0 Å². The molecule has 7 heteroatoms. The number of aromatic nitrogens is 3. The minimum Gasteiger partial charge on any atom is -0.381 e. The molecule has 0 spiro atoms. The lowest BCUT2D eigenvalue weighted by atomic mass is 10.0. The molecule has 0 radical (unpaired) electrons. The Bertz CT molecular complexity index is 1240. The molecule has 0 saturated heterocycles. The normalized spacial score (nSPS) is 11.8. The molecule has 0 aliphatic carbocycles. The number of hydrogen-bond donors (Lipinski definition) is 1. The summed E-state index contributed by atoms with van der Waals surface area (Å²) in [6.45, 7) is 1.83. The number of aliphatic hydroxyl groups excluding tert-OH is 1. The Kier molecular flexibility index (Phi) is 5.53. The third-order valence-electron chi connectivity index (χ3n) is 4.65. The van der Waals surface area contributed by atoms with Gasteiger partial charge in [0.1, 0.15) is 16.8 Å². The summed E-state index contributed by atoms with van der Waals surface area (Å²) in [5.74, 6) is -0.0983. The number of hydrogen-bond acceptors (Lipinski definition) is 6. The van der Waals surface area contributed by atoms with Crippen molar-refractivity contribution in [2.75, 3.05) is 0 Å². The molecule has 2 aromatic heterocycles. The van der Waals surface area contributed by atoms with Crippen LogP contribution in [-0.4, -0.2) is 25.7 Å². The molecule has 2 heterocycles. The second-order valence-electron chi connectivity index (χ2n) is 6.86. The first-order valence-corrected chi connectivity index (χ1v) is 10.2. The van der Waals surface area contributed by atoms with Crippen molar-refractivity contribution in [2.24, 2.45) is 0 Å². The van der Waals surface area contributed by atoms with Crippen LogP contribution in [0, 0.1) is 18.3 Å². The molecule has 0 fully saturated rings. The molecule has 4 aromatic rings. The third kappa shape index (κ3) is 4.06. The first-order chi connectivity index (χ1) is 14.5. The van der Waals surface area contributed by atoms with Gasteiger partial charge in [-0.1, -0.05) is 30.3 Å². The summed E-state index contributed by atoms with van der Waals surface area (Å²) in [5.41, 5.74) is 3.83. The third-order valence-corrected chi connectivity index (χ3v) is 5.48. The number of thiazole rings is 1. The Morgan fingerprint density at radius 1 is 1.23 bits per heavy atom. The number of nitrogens with zero attached hydrogens (tertiary/aromatic N) is 4.